The number of esters is 1. The van der Waals surface area contributed by atoms with E-state index in [1.165, 1.54) is 0 Å². The third-order valence-corrected chi connectivity index (χ3v) is 5.04. The molecule has 0 bridgehead atoms. The maximum atomic E-state index is 13.0. The number of H-pyrrole nitrogens is 1. The van der Waals surface area contributed by atoms with Gasteiger partial charge in [-0.3, -0.25) is 4.79 Å². The van der Waals surface area contributed by atoms with Gasteiger partial charge in [0.25, 0.3) is 5.56 Å². The van der Waals surface area contributed by atoms with E-state index >= 15 is 0 Å². The summed E-state index contributed by atoms with van der Waals surface area (Å²) in [6.45, 7) is 1.72. The van der Waals surface area contributed by atoms with Gasteiger partial charge in [0.05, 0.1) is 28.2 Å². The molecule has 0 radical (unpaired) electrons. The SMILES string of the molecule is Cc1cccc2c(=O)[nH]c(COC(=O)c3cc(-c4ccco4)nc4ccccc34)nc12. The van der Waals surface area contributed by atoms with E-state index in [1.807, 2.05) is 37.3 Å². The number of hydrogen-bond acceptors (Lipinski definition) is 6. The van der Waals surface area contributed by atoms with E-state index in [9.17, 15) is 9.59 Å². The van der Waals surface area contributed by atoms with E-state index in [0.717, 1.165) is 5.56 Å². The lowest BCUT2D eigenvalue weighted by Gasteiger charge is -2.09. The first-order valence-electron chi connectivity index (χ1n) is 9.69. The van der Waals surface area contributed by atoms with Crippen molar-refractivity contribution in [2.75, 3.05) is 0 Å². The van der Waals surface area contributed by atoms with Crippen molar-refractivity contribution in [2.45, 2.75) is 13.5 Å². The number of carbonyl (C=O) groups excluding carboxylic acids is 1. The number of para-hydroxylation sites is 2. The number of carbonyl (C=O) groups is 1. The molecule has 7 nitrogen and oxygen atoms in total. The van der Waals surface area contributed by atoms with Crippen LogP contribution >= 0.6 is 0 Å². The molecule has 0 aliphatic rings. The van der Waals surface area contributed by atoms with E-state index in [0.29, 0.717) is 38.8 Å². The van der Waals surface area contributed by atoms with Crippen LogP contribution in [-0.4, -0.2) is 20.9 Å². The maximum absolute atomic E-state index is 13.0. The number of aryl methyl sites for hydroxylation is 1. The van der Waals surface area contributed by atoms with Crippen molar-refractivity contribution in [1.82, 2.24) is 15.0 Å². The summed E-state index contributed by atoms with van der Waals surface area (Å²) in [5.41, 5.74) is 2.73. The Morgan fingerprint density at radius 2 is 1.87 bits per heavy atom. The third-order valence-electron chi connectivity index (χ3n) is 5.04. The van der Waals surface area contributed by atoms with E-state index < -0.39 is 5.97 Å². The second-order valence-electron chi connectivity index (χ2n) is 7.11. The number of aromatic amines is 1. The van der Waals surface area contributed by atoms with Crippen LogP contribution in [0.4, 0.5) is 0 Å². The number of pyridine rings is 1. The van der Waals surface area contributed by atoms with Crippen LogP contribution in [0.2, 0.25) is 0 Å². The molecule has 0 unspecified atom stereocenters. The predicted octanol–water partition coefficient (Wildman–Crippen LogP) is 4.40. The third kappa shape index (κ3) is 3.46. The highest BCUT2D eigenvalue weighted by molar-refractivity contribution is 6.04. The van der Waals surface area contributed by atoms with Crippen LogP contribution < -0.4 is 5.56 Å². The van der Waals surface area contributed by atoms with Crippen LogP contribution in [0.1, 0.15) is 21.7 Å². The molecule has 3 heterocycles. The molecule has 0 amide bonds. The zero-order valence-electron chi connectivity index (χ0n) is 16.6. The number of nitrogens with one attached hydrogen (secondary N) is 1. The lowest BCUT2D eigenvalue weighted by atomic mass is 10.1. The molecule has 31 heavy (non-hydrogen) atoms. The standard InChI is InChI=1S/C24H17N3O4/c1-14-6-4-8-16-22(14)26-21(27-23(16)28)13-31-24(29)17-12-19(20-10-5-11-30-20)25-18-9-3-2-7-15(17)18/h2-12H,13H2,1H3,(H,26,27,28). The van der Waals surface area contributed by atoms with Gasteiger partial charge in [0, 0.05) is 5.39 Å². The zero-order chi connectivity index (χ0) is 21.4. The van der Waals surface area contributed by atoms with Gasteiger partial charge in [-0.25, -0.2) is 14.8 Å². The fourth-order valence-electron chi connectivity index (χ4n) is 3.53. The molecule has 0 fully saturated rings. The van der Waals surface area contributed by atoms with Gasteiger partial charge in [0.15, 0.2) is 5.76 Å². The molecule has 0 spiro atoms. The van der Waals surface area contributed by atoms with Crippen molar-refractivity contribution in [3.8, 4) is 11.5 Å². The van der Waals surface area contributed by atoms with Crippen molar-refractivity contribution in [3.05, 3.63) is 94.2 Å². The van der Waals surface area contributed by atoms with E-state index in [4.69, 9.17) is 9.15 Å². The van der Waals surface area contributed by atoms with Crippen molar-refractivity contribution in [3.63, 3.8) is 0 Å². The normalized spacial score (nSPS) is 11.1. The maximum Gasteiger partial charge on any atom is 0.339 e. The van der Waals surface area contributed by atoms with Gasteiger partial charge in [-0.1, -0.05) is 30.3 Å². The fraction of sp³-hybridized carbons (Fsp3) is 0.0833. The summed E-state index contributed by atoms with van der Waals surface area (Å²) in [6.07, 6.45) is 1.55. The van der Waals surface area contributed by atoms with Crippen LogP contribution in [0.3, 0.4) is 0 Å². The summed E-state index contributed by atoms with van der Waals surface area (Å²) in [7, 11) is 0. The second kappa shape index (κ2) is 7.53. The smallest absolute Gasteiger partial charge is 0.339 e. The Bertz CT molecular complexity index is 1490. The Morgan fingerprint density at radius 3 is 2.71 bits per heavy atom. The van der Waals surface area contributed by atoms with E-state index in [1.54, 1.807) is 36.6 Å². The summed E-state index contributed by atoms with van der Waals surface area (Å²) in [5.74, 6) is 0.291. The largest absolute Gasteiger partial charge is 0.463 e. The molecule has 5 aromatic rings. The number of aromatic nitrogens is 3. The first-order valence-corrected chi connectivity index (χ1v) is 9.69. The van der Waals surface area contributed by atoms with Gasteiger partial charge in [-0.15, -0.1) is 0 Å². The van der Waals surface area contributed by atoms with Crippen LogP contribution in [0.15, 0.2) is 76.1 Å². The average Bonchev–Trinajstić information content (AvgIpc) is 3.32. The Morgan fingerprint density at radius 1 is 1.03 bits per heavy atom. The van der Waals surface area contributed by atoms with Crippen LogP contribution in [-0.2, 0) is 11.3 Å². The first-order chi connectivity index (χ1) is 15.1. The van der Waals surface area contributed by atoms with E-state index in [-0.39, 0.29) is 18.0 Å². The highest BCUT2D eigenvalue weighted by atomic mass is 16.5. The van der Waals surface area contributed by atoms with Crippen molar-refractivity contribution < 1.29 is 13.9 Å². The molecule has 3 aromatic heterocycles. The number of furan rings is 1. The molecular weight excluding hydrogens is 394 g/mol. The minimum absolute atomic E-state index is 0.162. The number of nitrogens with zero attached hydrogens (tertiary/aromatic N) is 2. The van der Waals surface area contributed by atoms with Gasteiger partial charge in [-0.2, -0.15) is 0 Å². The summed E-state index contributed by atoms with van der Waals surface area (Å²) >= 11 is 0. The molecule has 7 heteroatoms. The van der Waals surface area contributed by atoms with Crippen LogP contribution in [0, 0.1) is 6.92 Å². The lowest BCUT2D eigenvalue weighted by molar-refractivity contribution is 0.0464. The Hall–Kier alpha value is -4.26. The number of fused-ring (bicyclic) bond motifs is 2. The van der Waals surface area contributed by atoms with Crippen LogP contribution in [0.5, 0.6) is 0 Å². The Kier molecular flexibility index (Phi) is 4.55. The number of hydrogen-bond donors (Lipinski definition) is 1. The van der Waals surface area contributed by atoms with Gasteiger partial charge < -0.3 is 14.1 Å². The van der Waals surface area contributed by atoms with E-state index in [2.05, 4.69) is 15.0 Å². The number of ether oxygens (including phenoxy) is 1. The highest BCUT2D eigenvalue weighted by Gasteiger charge is 2.17. The molecule has 0 aliphatic carbocycles. The number of benzene rings is 2. The molecule has 0 saturated heterocycles. The fourth-order valence-corrected chi connectivity index (χ4v) is 3.53. The molecule has 5 rings (SSSR count). The van der Waals surface area contributed by atoms with Gasteiger partial charge in [0.1, 0.15) is 18.1 Å². The molecule has 1 N–H and O–H groups in total. The summed E-state index contributed by atoms with van der Waals surface area (Å²) in [4.78, 5) is 37.1. The molecule has 0 saturated carbocycles. The summed E-state index contributed by atoms with van der Waals surface area (Å²) < 4.78 is 10.9. The molecule has 0 aliphatic heterocycles. The molecule has 152 valence electrons. The number of rotatable bonds is 4. The second-order valence-corrected chi connectivity index (χ2v) is 7.11. The highest BCUT2D eigenvalue weighted by Crippen LogP contribution is 2.26. The Labute approximate surface area is 176 Å². The quantitative estimate of drug-likeness (QED) is 0.440. The summed E-state index contributed by atoms with van der Waals surface area (Å²) in [5, 5.41) is 1.16. The zero-order valence-corrected chi connectivity index (χ0v) is 16.6. The minimum Gasteiger partial charge on any atom is -0.463 e. The molecule has 0 atom stereocenters. The Balaban J connectivity index is 1.49. The summed E-state index contributed by atoms with van der Waals surface area (Å²) in [6, 6.07) is 17.9. The van der Waals surface area contributed by atoms with Gasteiger partial charge >= 0.3 is 5.97 Å². The minimum atomic E-state index is -0.543. The van der Waals surface area contributed by atoms with Crippen LogP contribution in [0.25, 0.3) is 33.3 Å². The first kappa shape index (κ1) is 18.7. The van der Waals surface area contributed by atoms with Gasteiger partial charge in [0.2, 0.25) is 0 Å². The van der Waals surface area contributed by atoms with Crippen molar-refractivity contribution in [2.24, 2.45) is 0 Å². The van der Waals surface area contributed by atoms with Crippen molar-refractivity contribution in [1.29, 1.82) is 0 Å². The van der Waals surface area contributed by atoms with Crippen molar-refractivity contribution >= 4 is 27.8 Å². The lowest BCUT2D eigenvalue weighted by Crippen LogP contribution is -2.15. The monoisotopic (exact) mass is 411 g/mol. The average molecular weight is 411 g/mol. The molecular formula is C24H17N3O4. The van der Waals surface area contributed by atoms with Gasteiger partial charge in [-0.05, 0) is 42.8 Å². The predicted molar refractivity (Wildman–Crippen MR) is 116 cm³/mol. The molecule has 2 aromatic carbocycles. The topological polar surface area (TPSA) is 98.1 Å².